The van der Waals surface area contributed by atoms with Crippen LogP contribution in [0.25, 0.3) is 0 Å². The average molecular weight is 354 g/mol. The van der Waals surface area contributed by atoms with Crippen LogP contribution in [0.2, 0.25) is 0 Å². The van der Waals surface area contributed by atoms with Gasteiger partial charge in [0, 0.05) is 25.0 Å². The van der Waals surface area contributed by atoms with Gasteiger partial charge in [-0.2, -0.15) is 5.10 Å². The molecule has 0 aliphatic carbocycles. The maximum Gasteiger partial charge on any atom is 0.229 e. The van der Waals surface area contributed by atoms with E-state index in [1.165, 1.54) is 12.8 Å². The fraction of sp³-hybridized carbons (Fsp3) is 0.500. The van der Waals surface area contributed by atoms with Crippen molar-refractivity contribution >= 4 is 5.91 Å². The van der Waals surface area contributed by atoms with E-state index in [2.05, 4.69) is 27.2 Å². The van der Waals surface area contributed by atoms with Crippen LogP contribution in [-0.4, -0.2) is 64.8 Å². The van der Waals surface area contributed by atoms with Crippen molar-refractivity contribution in [2.75, 3.05) is 32.8 Å². The smallest absolute Gasteiger partial charge is 0.229 e. The summed E-state index contributed by atoms with van der Waals surface area (Å²) in [5.41, 5.74) is 2.00. The number of morpholine rings is 1. The number of carbonyl (C=O) groups excluding carboxylic acids is 1. The third-order valence-corrected chi connectivity index (χ3v) is 5.35. The lowest BCUT2D eigenvalue weighted by Crippen LogP contribution is -2.52. The topological polar surface area (TPSA) is 61.5 Å². The number of hydrogen-bond acceptors (Lipinski definition) is 4. The molecule has 6 heteroatoms. The van der Waals surface area contributed by atoms with Crippen LogP contribution in [0.1, 0.15) is 30.1 Å². The van der Waals surface area contributed by atoms with Crippen LogP contribution in [0, 0.1) is 0 Å². The Morgan fingerprint density at radius 1 is 1.15 bits per heavy atom. The quantitative estimate of drug-likeness (QED) is 0.892. The molecule has 1 N–H and O–H groups in total. The number of ether oxygens (including phenoxy) is 1. The van der Waals surface area contributed by atoms with Gasteiger partial charge in [-0.05, 0) is 37.6 Å². The number of benzene rings is 1. The molecular weight excluding hydrogens is 328 g/mol. The van der Waals surface area contributed by atoms with E-state index in [9.17, 15) is 4.79 Å². The molecule has 2 aliphatic heterocycles. The molecule has 0 unspecified atom stereocenters. The Morgan fingerprint density at radius 2 is 1.96 bits per heavy atom. The van der Waals surface area contributed by atoms with E-state index in [0.717, 1.165) is 30.9 Å². The number of aromatic amines is 1. The molecule has 138 valence electrons. The molecule has 0 spiro atoms. The van der Waals surface area contributed by atoms with Gasteiger partial charge < -0.3 is 14.5 Å². The second kappa shape index (κ2) is 8.01. The Morgan fingerprint density at radius 3 is 2.69 bits per heavy atom. The van der Waals surface area contributed by atoms with Crippen molar-refractivity contribution in [2.24, 2.45) is 0 Å². The van der Waals surface area contributed by atoms with Gasteiger partial charge in [-0.15, -0.1) is 0 Å². The molecule has 2 fully saturated rings. The summed E-state index contributed by atoms with van der Waals surface area (Å²) in [6, 6.07) is 12.1. The molecule has 6 nitrogen and oxygen atoms in total. The van der Waals surface area contributed by atoms with Crippen molar-refractivity contribution in [1.29, 1.82) is 0 Å². The number of nitrogens with zero attached hydrogens (tertiary/aromatic N) is 3. The van der Waals surface area contributed by atoms with Gasteiger partial charge >= 0.3 is 0 Å². The molecule has 2 saturated heterocycles. The summed E-state index contributed by atoms with van der Waals surface area (Å²) in [5, 5.41) is 6.85. The monoisotopic (exact) mass is 354 g/mol. The van der Waals surface area contributed by atoms with Crippen LogP contribution in [0.15, 0.2) is 42.6 Å². The molecule has 3 heterocycles. The van der Waals surface area contributed by atoms with Crippen LogP contribution in [0.3, 0.4) is 0 Å². The highest BCUT2D eigenvalue weighted by molar-refractivity contribution is 5.79. The summed E-state index contributed by atoms with van der Waals surface area (Å²) in [5.74, 6) is 0.123. The van der Waals surface area contributed by atoms with Gasteiger partial charge in [0.1, 0.15) is 0 Å². The molecule has 1 aromatic heterocycles. The molecule has 1 aromatic carbocycles. The van der Waals surface area contributed by atoms with Gasteiger partial charge in [0.05, 0.1) is 25.2 Å². The first kappa shape index (κ1) is 17.2. The normalized spacial score (nSPS) is 24.1. The van der Waals surface area contributed by atoms with Gasteiger partial charge in [0.2, 0.25) is 5.91 Å². The zero-order valence-electron chi connectivity index (χ0n) is 15.0. The lowest BCUT2D eigenvalue weighted by Gasteiger charge is -2.42. The first-order valence-electron chi connectivity index (χ1n) is 9.48. The highest BCUT2D eigenvalue weighted by atomic mass is 16.5. The number of carbonyl (C=O) groups is 1. The summed E-state index contributed by atoms with van der Waals surface area (Å²) < 4.78 is 6.17. The van der Waals surface area contributed by atoms with E-state index in [-0.39, 0.29) is 18.1 Å². The second-order valence-corrected chi connectivity index (χ2v) is 7.12. The first-order valence-corrected chi connectivity index (χ1v) is 9.48. The fourth-order valence-corrected chi connectivity index (χ4v) is 4.08. The maximum atomic E-state index is 13.0. The Kier molecular flexibility index (Phi) is 5.32. The molecule has 2 aliphatic rings. The molecule has 1 amide bonds. The third-order valence-electron chi connectivity index (χ3n) is 5.35. The number of H-pyrrole nitrogens is 1. The predicted molar refractivity (Wildman–Crippen MR) is 98.6 cm³/mol. The van der Waals surface area contributed by atoms with Crippen molar-refractivity contribution in [3.63, 3.8) is 0 Å². The largest absolute Gasteiger partial charge is 0.373 e. The maximum absolute atomic E-state index is 13.0. The predicted octanol–water partition coefficient (Wildman–Crippen LogP) is 2.02. The van der Waals surface area contributed by atoms with Crippen molar-refractivity contribution in [1.82, 2.24) is 20.0 Å². The average Bonchev–Trinajstić information content (AvgIpc) is 3.36. The molecule has 4 rings (SSSR count). The SMILES string of the molecule is O=C(Cc1ccn[nH]1)N1CCO[C@@H](CN2CCCC2)[C@@H]1c1ccccc1. The van der Waals surface area contributed by atoms with Crippen molar-refractivity contribution in [3.05, 3.63) is 53.9 Å². The fourth-order valence-electron chi connectivity index (χ4n) is 4.08. The van der Waals surface area contributed by atoms with Gasteiger partial charge in [0.25, 0.3) is 0 Å². The van der Waals surface area contributed by atoms with Gasteiger partial charge in [0.15, 0.2) is 0 Å². The molecule has 2 aromatic rings. The molecule has 0 saturated carbocycles. The Labute approximate surface area is 154 Å². The molecule has 0 radical (unpaired) electrons. The molecule has 2 atom stereocenters. The summed E-state index contributed by atoms with van der Waals surface area (Å²) >= 11 is 0. The van der Waals surface area contributed by atoms with Crippen molar-refractivity contribution < 1.29 is 9.53 Å². The Hall–Kier alpha value is -2.18. The third kappa shape index (κ3) is 3.81. The van der Waals surface area contributed by atoms with E-state index < -0.39 is 0 Å². The van der Waals surface area contributed by atoms with Crippen LogP contribution in [0.5, 0.6) is 0 Å². The number of nitrogens with one attached hydrogen (secondary N) is 1. The van der Waals surface area contributed by atoms with Gasteiger partial charge in [-0.3, -0.25) is 9.89 Å². The van der Waals surface area contributed by atoms with E-state index in [0.29, 0.717) is 19.6 Å². The Bertz CT molecular complexity index is 698. The minimum atomic E-state index is -0.0408. The number of likely N-dealkylation sites (tertiary alicyclic amines) is 1. The Balaban J connectivity index is 1.57. The second-order valence-electron chi connectivity index (χ2n) is 7.12. The number of amides is 1. The van der Waals surface area contributed by atoms with Gasteiger partial charge in [-0.25, -0.2) is 0 Å². The highest BCUT2D eigenvalue weighted by Gasteiger charge is 2.37. The number of rotatable bonds is 5. The minimum absolute atomic E-state index is 0.00923. The lowest BCUT2D eigenvalue weighted by molar-refractivity contribution is -0.147. The standard InChI is InChI=1S/C20H26N4O2/c25-19(14-17-8-9-21-22-17)24-12-13-26-18(15-23-10-4-5-11-23)20(24)16-6-2-1-3-7-16/h1-3,6-9,18,20H,4-5,10-15H2,(H,21,22)/t18-,20-/m0/s1. The van der Waals surface area contributed by atoms with Crippen LogP contribution >= 0.6 is 0 Å². The van der Waals surface area contributed by atoms with Gasteiger partial charge in [-0.1, -0.05) is 30.3 Å². The molecule has 0 bridgehead atoms. The highest BCUT2D eigenvalue weighted by Crippen LogP contribution is 2.31. The first-order chi connectivity index (χ1) is 12.8. The van der Waals surface area contributed by atoms with Crippen molar-refractivity contribution in [3.8, 4) is 0 Å². The van der Waals surface area contributed by atoms with Crippen LogP contribution in [0.4, 0.5) is 0 Å². The molecule has 26 heavy (non-hydrogen) atoms. The summed E-state index contributed by atoms with van der Waals surface area (Å²) in [6.07, 6.45) is 4.55. The lowest BCUT2D eigenvalue weighted by atomic mass is 9.97. The van der Waals surface area contributed by atoms with Crippen LogP contribution < -0.4 is 0 Å². The van der Waals surface area contributed by atoms with E-state index in [4.69, 9.17) is 4.74 Å². The van der Waals surface area contributed by atoms with E-state index in [1.807, 2.05) is 29.2 Å². The van der Waals surface area contributed by atoms with Crippen LogP contribution in [-0.2, 0) is 16.0 Å². The molecular formula is C20H26N4O2. The number of hydrogen-bond donors (Lipinski definition) is 1. The number of aromatic nitrogens is 2. The van der Waals surface area contributed by atoms with E-state index >= 15 is 0 Å². The zero-order chi connectivity index (χ0) is 17.8. The summed E-state index contributed by atoms with van der Waals surface area (Å²) in [7, 11) is 0. The van der Waals surface area contributed by atoms with Crippen molar-refractivity contribution in [2.45, 2.75) is 31.4 Å². The zero-order valence-corrected chi connectivity index (χ0v) is 15.0. The summed E-state index contributed by atoms with van der Waals surface area (Å²) in [6.45, 7) is 4.36. The van der Waals surface area contributed by atoms with E-state index in [1.54, 1.807) is 6.20 Å². The summed E-state index contributed by atoms with van der Waals surface area (Å²) in [4.78, 5) is 17.5. The minimum Gasteiger partial charge on any atom is -0.373 e.